The summed E-state index contributed by atoms with van der Waals surface area (Å²) in [7, 11) is 0. The number of carbonyl (C=O) groups excluding carboxylic acids is 2. The average molecular weight is 417 g/mol. The van der Waals surface area contributed by atoms with E-state index in [4.69, 9.17) is 15.3 Å². The van der Waals surface area contributed by atoms with E-state index < -0.39 is 22.0 Å². The van der Waals surface area contributed by atoms with E-state index in [0.717, 1.165) is 16.7 Å². The molecule has 150 valence electrons. The van der Waals surface area contributed by atoms with Crippen molar-refractivity contribution < 1.29 is 28.8 Å². The van der Waals surface area contributed by atoms with Gasteiger partial charge in [0.15, 0.2) is 0 Å². The van der Waals surface area contributed by atoms with Crippen LogP contribution in [0.4, 0.5) is 16.2 Å². The molecule has 0 saturated carbocycles. The molecule has 3 N–H and O–H groups in total. The van der Waals surface area contributed by atoms with Crippen molar-refractivity contribution in [2.75, 3.05) is 12.3 Å². The third-order valence-electron chi connectivity index (χ3n) is 4.05. The lowest BCUT2D eigenvalue weighted by molar-refractivity contribution is -0.383. The maximum Gasteiger partial charge on any atom is 0.303 e. The number of carboxylic acid groups (broad SMARTS) is 1. The Morgan fingerprint density at radius 3 is 2.72 bits per heavy atom. The second kappa shape index (κ2) is 8.19. The quantitative estimate of drug-likeness (QED) is 0.298. The number of furan rings is 1. The number of nitrogens with two attached hydrogens (primary N) is 1. The number of hydrogen-bond donors (Lipinski definition) is 2. The number of hydrogen-bond acceptors (Lipinski definition) is 8. The first kappa shape index (κ1) is 20.1. The second-order valence-electron chi connectivity index (χ2n) is 6.06. The molecular weight excluding hydrogens is 402 g/mol. The van der Waals surface area contributed by atoms with Crippen molar-refractivity contribution >= 4 is 46.3 Å². The van der Waals surface area contributed by atoms with Crippen LogP contribution in [-0.2, 0) is 9.59 Å². The summed E-state index contributed by atoms with van der Waals surface area (Å²) in [4.78, 5) is 46.4. The van der Waals surface area contributed by atoms with Crippen LogP contribution in [-0.4, -0.2) is 38.6 Å². The van der Waals surface area contributed by atoms with E-state index in [1.165, 1.54) is 24.3 Å². The zero-order valence-electron chi connectivity index (χ0n) is 14.9. The lowest BCUT2D eigenvalue weighted by atomic mass is 10.1. The molecule has 10 nitrogen and oxygen atoms in total. The van der Waals surface area contributed by atoms with Gasteiger partial charge in [-0.15, -0.1) is 0 Å². The molecule has 0 aliphatic carbocycles. The third-order valence-corrected chi connectivity index (χ3v) is 4.96. The summed E-state index contributed by atoms with van der Waals surface area (Å²) in [5.41, 5.74) is 5.99. The highest BCUT2D eigenvalue weighted by atomic mass is 32.2. The van der Waals surface area contributed by atoms with E-state index in [1.807, 2.05) is 0 Å². The Labute approximate surface area is 168 Å². The van der Waals surface area contributed by atoms with E-state index in [1.54, 1.807) is 12.1 Å². The number of rotatable bonds is 7. The SMILES string of the molecule is Nc1cc(-c2ccc(C=C3SC(=O)N(CCCC(=O)O)C3=O)o2)ccc1[N+](=O)[O-]. The first-order chi connectivity index (χ1) is 13.8. The van der Waals surface area contributed by atoms with Crippen molar-refractivity contribution in [3.05, 3.63) is 51.1 Å². The van der Waals surface area contributed by atoms with Crippen LogP contribution in [0.15, 0.2) is 39.7 Å². The van der Waals surface area contributed by atoms with E-state index in [2.05, 4.69) is 0 Å². The van der Waals surface area contributed by atoms with Crippen molar-refractivity contribution in [2.24, 2.45) is 0 Å². The Kier molecular flexibility index (Phi) is 5.69. The summed E-state index contributed by atoms with van der Waals surface area (Å²) in [6.45, 7) is 0.0276. The number of nitro groups is 1. The number of nitrogens with zero attached hydrogens (tertiary/aromatic N) is 2. The molecule has 2 aromatic rings. The van der Waals surface area contributed by atoms with Crippen molar-refractivity contribution in [1.82, 2.24) is 4.90 Å². The number of anilines is 1. The number of carboxylic acids is 1. The zero-order valence-corrected chi connectivity index (χ0v) is 15.7. The molecule has 3 rings (SSSR count). The maximum absolute atomic E-state index is 12.4. The minimum absolute atomic E-state index is 0.00655. The molecule has 0 spiro atoms. The van der Waals surface area contributed by atoms with Gasteiger partial charge in [-0.25, -0.2) is 0 Å². The van der Waals surface area contributed by atoms with Crippen LogP contribution in [0.5, 0.6) is 0 Å². The Morgan fingerprint density at radius 2 is 2.07 bits per heavy atom. The predicted molar refractivity (Wildman–Crippen MR) is 105 cm³/mol. The highest BCUT2D eigenvalue weighted by Crippen LogP contribution is 2.34. The summed E-state index contributed by atoms with van der Waals surface area (Å²) in [5.74, 6) is -0.808. The van der Waals surface area contributed by atoms with Crippen LogP contribution in [0, 0.1) is 10.1 Å². The smallest absolute Gasteiger partial charge is 0.303 e. The summed E-state index contributed by atoms with van der Waals surface area (Å²) >= 11 is 0.744. The van der Waals surface area contributed by atoms with Gasteiger partial charge in [0, 0.05) is 30.7 Å². The molecule has 0 atom stereocenters. The van der Waals surface area contributed by atoms with Gasteiger partial charge in [0.1, 0.15) is 17.2 Å². The Hall–Kier alpha value is -3.60. The molecule has 1 aromatic heterocycles. The van der Waals surface area contributed by atoms with Gasteiger partial charge in [-0.2, -0.15) is 0 Å². The predicted octanol–water partition coefficient (Wildman–Crippen LogP) is 3.34. The normalized spacial score (nSPS) is 15.3. The van der Waals surface area contributed by atoms with Crippen LogP contribution in [0.1, 0.15) is 18.6 Å². The van der Waals surface area contributed by atoms with Gasteiger partial charge >= 0.3 is 5.97 Å². The third kappa shape index (κ3) is 4.46. The lowest BCUT2D eigenvalue weighted by Crippen LogP contribution is -2.29. The van der Waals surface area contributed by atoms with Gasteiger partial charge in [-0.1, -0.05) is 0 Å². The van der Waals surface area contributed by atoms with Crippen molar-refractivity contribution in [1.29, 1.82) is 0 Å². The van der Waals surface area contributed by atoms with E-state index in [9.17, 15) is 24.5 Å². The van der Waals surface area contributed by atoms with Crippen LogP contribution in [0.25, 0.3) is 17.4 Å². The molecule has 0 radical (unpaired) electrons. The van der Waals surface area contributed by atoms with Gasteiger partial charge < -0.3 is 15.3 Å². The molecule has 11 heteroatoms. The first-order valence-corrected chi connectivity index (χ1v) is 9.19. The van der Waals surface area contributed by atoms with Gasteiger partial charge in [-0.05, 0) is 42.4 Å². The van der Waals surface area contributed by atoms with Crippen LogP contribution >= 0.6 is 11.8 Å². The first-order valence-electron chi connectivity index (χ1n) is 8.37. The van der Waals surface area contributed by atoms with E-state index in [-0.39, 0.29) is 35.7 Å². The molecule has 1 aliphatic heterocycles. The summed E-state index contributed by atoms with van der Waals surface area (Å²) in [6.07, 6.45) is 1.45. The summed E-state index contributed by atoms with van der Waals surface area (Å²) in [5, 5.41) is 19.0. The van der Waals surface area contributed by atoms with Crippen LogP contribution < -0.4 is 5.73 Å². The number of nitro benzene ring substituents is 1. The lowest BCUT2D eigenvalue weighted by Gasteiger charge is -2.10. The van der Waals surface area contributed by atoms with Crippen molar-refractivity contribution in [2.45, 2.75) is 12.8 Å². The van der Waals surface area contributed by atoms with Gasteiger partial charge in [-0.3, -0.25) is 29.4 Å². The number of imide groups is 1. The fourth-order valence-electron chi connectivity index (χ4n) is 2.67. The number of nitrogen functional groups attached to an aromatic ring is 1. The highest BCUT2D eigenvalue weighted by Gasteiger charge is 2.34. The monoisotopic (exact) mass is 417 g/mol. The van der Waals surface area contributed by atoms with Crippen LogP contribution in [0.3, 0.4) is 0 Å². The fourth-order valence-corrected chi connectivity index (χ4v) is 3.52. The Morgan fingerprint density at radius 1 is 1.31 bits per heavy atom. The van der Waals surface area contributed by atoms with Crippen molar-refractivity contribution in [3.8, 4) is 11.3 Å². The van der Waals surface area contributed by atoms with E-state index >= 15 is 0 Å². The molecule has 0 unspecified atom stereocenters. The molecule has 29 heavy (non-hydrogen) atoms. The molecule has 1 saturated heterocycles. The minimum atomic E-state index is -0.998. The number of amides is 2. The van der Waals surface area contributed by atoms with Gasteiger partial charge in [0.25, 0.3) is 16.8 Å². The molecule has 2 amide bonds. The van der Waals surface area contributed by atoms with Gasteiger partial charge in [0.05, 0.1) is 9.83 Å². The number of carbonyl (C=O) groups is 3. The number of benzene rings is 1. The van der Waals surface area contributed by atoms with Gasteiger partial charge in [0.2, 0.25) is 0 Å². The number of thioether (sulfide) groups is 1. The number of aliphatic carboxylic acids is 1. The zero-order chi connectivity index (χ0) is 21.1. The topological polar surface area (TPSA) is 157 Å². The largest absolute Gasteiger partial charge is 0.481 e. The van der Waals surface area contributed by atoms with Crippen LogP contribution in [0.2, 0.25) is 0 Å². The minimum Gasteiger partial charge on any atom is -0.481 e. The fraction of sp³-hybridized carbons (Fsp3) is 0.167. The summed E-state index contributed by atoms with van der Waals surface area (Å²) in [6, 6.07) is 7.38. The Balaban J connectivity index is 1.75. The average Bonchev–Trinajstić information content (AvgIpc) is 3.21. The molecule has 1 aromatic carbocycles. The molecule has 1 aliphatic rings. The summed E-state index contributed by atoms with van der Waals surface area (Å²) < 4.78 is 5.64. The molecule has 1 fully saturated rings. The standard InChI is InChI=1S/C18H15N3O7S/c19-12-8-10(3-5-13(12)21(26)27)14-6-4-11(28-14)9-15-17(24)20(18(25)29-15)7-1-2-16(22)23/h3-6,8-9H,1-2,7,19H2,(H,22,23). The highest BCUT2D eigenvalue weighted by molar-refractivity contribution is 8.18. The molecule has 0 bridgehead atoms. The molecule has 2 heterocycles. The molecular formula is C18H15N3O7S. The van der Waals surface area contributed by atoms with Crippen molar-refractivity contribution in [3.63, 3.8) is 0 Å². The second-order valence-corrected chi connectivity index (χ2v) is 7.06. The Bertz CT molecular complexity index is 1040. The maximum atomic E-state index is 12.4. The van der Waals surface area contributed by atoms with E-state index in [0.29, 0.717) is 17.1 Å².